The summed E-state index contributed by atoms with van der Waals surface area (Å²) in [6.07, 6.45) is 0. The van der Waals surface area contributed by atoms with Crippen LogP contribution in [0.1, 0.15) is 22.1 Å². The molecule has 1 aliphatic rings. The molecule has 1 aromatic heterocycles. The van der Waals surface area contributed by atoms with Crippen molar-refractivity contribution in [3.05, 3.63) is 87.9 Å². The number of thiazole rings is 1. The summed E-state index contributed by atoms with van der Waals surface area (Å²) in [5.74, 6) is -4.48. The number of fused-ring (bicyclic) bond motifs is 1. The number of carbonyl (C=O) groups excluding carboxylic acids is 3. The Morgan fingerprint density at radius 1 is 0.974 bits per heavy atom. The summed E-state index contributed by atoms with van der Waals surface area (Å²) in [4.78, 5) is 47.6. The number of benzene rings is 3. The predicted octanol–water partition coefficient (Wildman–Crippen LogP) is 4.13. The van der Waals surface area contributed by atoms with Gasteiger partial charge in [-0.15, -0.1) is 11.3 Å². The van der Waals surface area contributed by atoms with Crippen molar-refractivity contribution in [2.45, 2.75) is 24.7 Å². The van der Waals surface area contributed by atoms with Crippen LogP contribution in [-0.2, 0) is 24.4 Å². The number of nitrogens with one attached hydrogen (secondary N) is 1. The second kappa shape index (κ2) is 9.75. The molecule has 2 amide bonds. The SMILES string of the molecule is Cc1ccc(S(=O)(=O)N/N=C2\C(=O)N(c3ccc(Cl)cc3C)C(=O)C(=O)[C@@H]2c2nc3ccccc3s2)cc1. The van der Waals surface area contributed by atoms with Gasteiger partial charge in [0, 0.05) is 5.02 Å². The zero-order valence-corrected chi connectivity index (χ0v) is 22.4. The van der Waals surface area contributed by atoms with E-state index < -0.39 is 39.3 Å². The first-order chi connectivity index (χ1) is 18.1. The van der Waals surface area contributed by atoms with Crippen LogP contribution in [0.5, 0.6) is 0 Å². The van der Waals surface area contributed by atoms with E-state index in [1.165, 1.54) is 24.3 Å². The van der Waals surface area contributed by atoms with Gasteiger partial charge in [-0.1, -0.05) is 41.4 Å². The average Bonchev–Trinajstić information content (AvgIpc) is 3.30. The average molecular weight is 567 g/mol. The van der Waals surface area contributed by atoms with E-state index in [1.54, 1.807) is 49.4 Å². The Balaban J connectivity index is 1.63. The van der Waals surface area contributed by atoms with Gasteiger partial charge in [0.05, 0.1) is 20.8 Å². The van der Waals surface area contributed by atoms with E-state index in [9.17, 15) is 22.8 Å². The van der Waals surface area contributed by atoms with Crippen molar-refractivity contribution >= 4 is 72.2 Å². The van der Waals surface area contributed by atoms with Crippen LogP contribution in [0.25, 0.3) is 10.2 Å². The maximum Gasteiger partial charge on any atom is 0.302 e. The molecule has 1 N–H and O–H groups in total. The van der Waals surface area contributed by atoms with Gasteiger partial charge in [-0.3, -0.25) is 14.4 Å². The number of hydrogen-bond acceptors (Lipinski definition) is 8. The van der Waals surface area contributed by atoms with E-state index >= 15 is 0 Å². The molecular formula is C26H19ClN4O5S2. The molecule has 12 heteroatoms. The molecule has 0 bridgehead atoms. The molecule has 0 saturated carbocycles. The van der Waals surface area contributed by atoms with Gasteiger partial charge in [0.15, 0.2) is 0 Å². The first-order valence-electron chi connectivity index (χ1n) is 11.3. The number of Topliss-reactive ketones (excluding diaryl/α,β-unsaturated/α-hetero) is 1. The van der Waals surface area contributed by atoms with E-state index in [4.69, 9.17) is 11.6 Å². The number of aryl methyl sites for hydroxylation is 2. The van der Waals surface area contributed by atoms with Crippen LogP contribution < -0.4 is 9.73 Å². The zero-order valence-electron chi connectivity index (χ0n) is 20.0. The fourth-order valence-electron chi connectivity index (χ4n) is 4.01. The molecule has 0 aliphatic carbocycles. The smallest absolute Gasteiger partial charge is 0.287 e. The molecule has 1 saturated heterocycles. The van der Waals surface area contributed by atoms with Gasteiger partial charge in [-0.2, -0.15) is 18.4 Å². The fraction of sp³-hybridized carbons (Fsp3) is 0.115. The van der Waals surface area contributed by atoms with Crippen LogP contribution in [0, 0.1) is 13.8 Å². The number of halogens is 1. The lowest BCUT2D eigenvalue weighted by molar-refractivity contribution is -0.139. The summed E-state index contributed by atoms with van der Waals surface area (Å²) in [6, 6.07) is 17.5. The first kappa shape index (κ1) is 25.7. The van der Waals surface area contributed by atoms with Crippen LogP contribution in [0.2, 0.25) is 5.02 Å². The Bertz CT molecular complexity index is 1730. The number of hydrazone groups is 1. The Morgan fingerprint density at radius 3 is 2.37 bits per heavy atom. The number of aromatic nitrogens is 1. The zero-order chi connectivity index (χ0) is 27.2. The standard InChI is InChI=1S/C26H19ClN4O5S2/c1-14-7-10-17(11-8-14)38(35,36)30-29-22-21(24-28-18-5-3-4-6-20(18)37-24)23(32)26(34)31(25(22)33)19-12-9-16(27)13-15(19)2/h3-13,21,30H,1-2H3/b29-22-/t21-/m1/s1. The molecule has 1 atom stereocenters. The highest BCUT2D eigenvalue weighted by molar-refractivity contribution is 7.89. The van der Waals surface area contributed by atoms with Gasteiger partial charge >= 0.3 is 5.91 Å². The predicted molar refractivity (Wildman–Crippen MR) is 145 cm³/mol. The summed E-state index contributed by atoms with van der Waals surface area (Å²) in [5, 5.41) is 4.45. The number of nitrogens with zero attached hydrogens (tertiary/aromatic N) is 3. The highest BCUT2D eigenvalue weighted by atomic mass is 35.5. The molecule has 5 rings (SSSR count). The Kier molecular flexibility index (Phi) is 6.59. The summed E-state index contributed by atoms with van der Waals surface area (Å²) in [6.45, 7) is 3.44. The van der Waals surface area contributed by atoms with Crippen molar-refractivity contribution in [1.29, 1.82) is 0 Å². The van der Waals surface area contributed by atoms with E-state index in [-0.39, 0.29) is 15.6 Å². The van der Waals surface area contributed by atoms with E-state index in [2.05, 4.69) is 14.9 Å². The number of imide groups is 1. The van der Waals surface area contributed by atoms with Crippen molar-refractivity contribution < 1.29 is 22.8 Å². The van der Waals surface area contributed by atoms with E-state index in [0.717, 1.165) is 21.6 Å². The van der Waals surface area contributed by atoms with Gasteiger partial charge < -0.3 is 0 Å². The molecule has 4 aromatic rings. The summed E-state index contributed by atoms with van der Waals surface area (Å²) in [5.41, 5.74) is 1.54. The molecule has 192 valence electrons. The Morgan fingerprint density at radius 2 is 1.68 bits per heavy atom. The molecule has 38 heavy (non-hydrogen) atoms. The second-order valence-electron chi connectivity index (χ2n) is 8.60. The monoisotopic (exact) mass is 566 g/mol. The number of para-hydroxylation sites is 1. The minimum atomic E-state index is -4.20. The summed E-state index contributed by atoms with van der Waals surface area (Å²) in [7, 11) is -4.20. The van der Waals surface area contributed by atoms with Crippen LogP contribution in [0.4, 0.5) is 5.69 Å². The van der Waals surface area contributed by atoms with Crippen molar-refractivity contribution in [2.24, 2.45) is 5.10 Å². The quantitative estimate of drug-likeness (QED) is 0.220. The number of anilines is 1. The number of sulfonamides is 1. The third-order valence-electron chi connectivity index (χ3n) is 5.95. The lowest BCUT2D eigenvalue weighted by Gasteiger charge is -2.30. The normalized spacial score (nSPS) is 17.4. The number of hydrogen-bond donors (Lipinski definition) is 1. The van der Waals surface area contributed by atoms with E-state index in [1.807, 2.05) is 6.92 Å². The van der Waals surface area contributed by atoms with Gasteiger partial charge in [-0.05, 0) is 61.9 Å². The van der Waals surface area contributed by atoms with Crippen molar-refractivity contribution in [2.75, 3.05) is 4.90 Å². The molecule has 0 unspecified atom stereocenters. The number of rotatable bonds is 5. The second-order valence-corrected chi connectivity index (χ2v) is 11.8. The minimum absolute atomic E-state index is 0.0833. The van der Waals surface area contributed by atoms with Crippen LogP contribution >= 0.6 is 22.9 Å². The molecule has 0 spiro atoms. The number of ketones is 1. The molecule has 3 aromatic carbocycles. The van der Waals surface area contributed by atoms with Gasteiger partial charge in [-0.25, -0.2) is 9.88 Å². The topological polar surface area (TPSA) is 126 Å². The third-order valence-corrected chi connectivity index (χ3v) is 8.51. The Labute approximate surface area is 226 Å². The summed E-state index contributed by atoms with van der Waals surface area (Å²) >= 11 is 7.15. The maximum atomic E-state index is 13.7. The van der Waals surface area contributed by atoms with Crippen LogP contribution in [0.15, 0.2) is 76.7 Å². The minimum Gasteiger partial charge on any atom is -0.287 e. The Hall–Kier alpha value is -3.93. The van der Waals surface area contributed by atoms with Gasteiger partial charge in [0.2, 0.25) is 5.78 Å². The van der Waals surface area contributed by atoms with Crippen LogP contribution in [0.3, 0.4) is 0 Å². The number of carbonyl (C=O) groups is 3. The lowest BCUT2D eigenvalue weighted by Crippen LogP contribution is -2.55. The van der Waals surface area contributed by atoms with Crippen molar-refractivity contribution in [1.82, 2.24) is 9.82 Å². The lowest BCUT2D eigenvalue weighted by atomic mass is 9.91. The summed E-state index contributed by atoms with van der Waals surface area (Å²) < 4.78 is 26.6. The van der Waals surface area contributed by atoms with E-state index in [0.29, 0.717) is 21.0 Å². The number of piperidine rings is 1. The molecular weight excluding hydrogens is 548 g/mol. The molecule has 1 aliphatic heterocycles. The molecule has 2 heterocycles. The maximum absolute atomic E-state index is 13.7. The van der Waals surface area contributed by atoms with Crippen molar-refractivity contribution in [3.8, 4) is 0 Å². The third kappa shape index (κ3) is 4.60. The van der Waals surface area contributed by atoms with Crippen molar-refractivity contribution in [3.63, 3.8) is 0 Å². The van der Waals surface area contributed by atoms with Crippen LogP contribution in [-0.4, -0.2) is 36.7 Å². The number of amides is 2. The van der Waals surface area contributed by atoms with Gasteiger partial charge in [0.1, 0.15) is 16.6 Å². The molecule has 0 radical (unpaired) electrons. The highest BCUT2D eigenvalue weighted by Crippen LogP contribution is 2.35. The molecule has 1 fully saturated rings. The largest absolute Gasteiger partial charge is 0.302 e. The fourth-order valence-corrected chi connectivity index (χ4v) is 6.13. The highest BCUT2D eigenvalue weighted by Gasteiger charge is 2.49. The molecule has 9 nitrogen and oxygen atoms in total. The first-order valence-corrected chi connectivity index (χ1v) is 13.9. The van der Waals surface area contributed by atoms with Gasteiger partial charge in [0.25, 0.3) is 15.9 Å².